The SMILES string of the molecule is NC(=O)Cc1cccc2c1CCN(CCc1ccns1)C2. The van der Waals surface area contributed by atoms with E-state index in [4.69, 9.17) is 5.73 Å². The second-order valence-corrected chi connectivity index (χ2v) is 6.37. The molecule has 0 atom stereocenters. The molecule has 1 aliphatic rings. The first kappa shape index (κ1) is 14.2. The number of carbonyl (C=O) groups excluding carboxylic acids is 1. The molecular formula is C16H19N3OS. The average Bonchev–Trinajstić information content (AvgIpc) is 2.98. The van der Waals surface area contributed by atoms with Crippen molar-refractivity contribution in [3.05, 3.63) is 52.0 Å². The van der Waals surface area contributed by atoms with Gasteiger partial charge in [-0.05, 0) is 47.1 Å². The molecule has 4 nitrogen and oxygen atoms in total. The number of hydrogen-bond donors (Lipinski definition) is 1. The number of hydrogen-bond acceptors (Lipinski definition) is 4. The summed E-state index contributed by atoms with van der Waals surface area (Å²) in [5.74, 6) is -0.254. The molecule has 0 saturated carbocycles. The van der Waals surface area contributed by atoms with Crippen molar-refractivity contribution in [1.29, 1.82) is 0 Å². The first-order valence-electron chi connectivity index (χ1n) is 7.22. The Balaban J connectivity index is 1.66. The molecule has 2 aromatic rings. The Bertz CT molecular complexity index is 624. The van der Waals surface area contributed by atoms with Gasteiger partial charge in [0.05, 0.1) is 6.42 Å². The summed E-state index contributed by atoms with van der Waals surface area (Å²) >= 11 is 1.58. The Hall–Kier alpha value is -1.72. The van der Waals surface area contributed by atoms with Crippen LogP contribution in [0.3, 0.4) is 0 Å². The summed E-state index contributed by atoms with van der Waals surface area (Å²) in [7, 11) is 0. The van der Waals surface area contributed by atoms with Gasteiger partial charge in [-0.15, -0.1) is 0 Å². The second-order valence-electron chi connectivity index (χ2n) is 5.45. The maximum absolute atomic E-state index is 11.2. The van der Waals surface area contributed by atoms with Crippen LogP contribution in [0, 0.1) is 0 Å². The molecule has 0 unspecified atom stereocenters. The topological polar surface area (TPSA) is 59.2 Å². The highest BCUT2D eigenvalue weighted by Gasteiger charge is 2.19. The molecule has 1 aromatic heterocycles. The molecular weight excluding hydrogens is 282 g/mol. The van der Waals surface area contributed by atoms with Gasteiger partial charge < -0.3 is 5.73 Å². The van der Waals surface area contributed by atoms with E-state index in [0.717, 1.165) is 38.0 Å². The van der Waals surface area contributed by atoms with Gasteiger partial charge in [0.2, 0.25) is 5.91 Å². The fourth-order valence-electron chi connectivity index (χ4n) is 2.93. The summed E-state index contributed by atoms with van der Waals surface area (Å²) in [6.07, 6.45) is 4.27. The first-order chi connectivity index (χ1) is 10.2. The van der Waals surface area contributed by atoms with Crippen LogP contribution in [-0.4, -0.2) is 28.3 Å². The number of amides is 1. The van der Waals surface area contributed by atoms with Crippen molar-refractivity contribution in [3.8, 4) is 0 Å². The number of primary amides is 1. The van der Waals surface area contributed by atoms with Crippen LogP contribution in [0.1, 0.15) is 21.6 Å². The van der Waals surface area contributed by atoms with Crippen molar-refractivity contribution in [2.24, 2.45) is 5.73 Å². The Kier molecular flexibility index (Phi) is 4.31. The lowest BCUT2D eigenvalue weighted by molar-refractivity contribution is -0.117. The lowest BCUT2D eigenvalue weighted by Gasteiger charge is -2.29. The van der Waals surface area contributed by atoms with Gasteiger partial charge in [-0.3, -0.25) is 9.69 Å². The van der Waals surface area contributed by atoms with E-state index in [1.807, 2.05) is 18.3 Å². The van der Waals surface area contributed by atoms with E-state index in [0.29, 0.717) is 6.42 Å². The van der Waals surface area contributed by atoms with E-state index in [-0.39, 0.29) is 5.91 Å². The van der Waals surface area contributed by atoms with Crippen molar-refractivity contribution in [3.63, 3.8) is 0 Å². The van der Waals surface area contributed by atoms with Crippen molar-refractivity contribution in [2.45, 2.75) is 25.8 Å². The molecule has 0 bridgehead atoms. The lowest BCUT2D eigenvalue weighted by atomic mass is 9.93. The number of rotatable bonds is 5. The molecule has 5 heteroatoms. The van der Waals surface area contributed by atoms with E-state index in [2.05, 4.69) is 21.4 Å². The van der Waals surface area contributed by atoms with E-state index in [1.165, 1.54) is 16.0 Å². The van der Waals surface area contributed by atoms with Crippen LogP contribution in [0.15, 0.2) is 30.5 Å². The summed E-state index contributed by atoms with van der Waals surface area (Å²) < 4.78 is 4.14. The molecule has 0 aliphatic carbocycles. The summed E-state index contributed by atoms with van der Waals surface area (Å²) in [5, 5.41) is 0. The minimum absolute atomic E-state index is 0.254. The minimum atomic E-state index is -0.254. The van der Waals surface area contributed by atoms with Crippen LogP contribution in [0.25, 0.3) is 0 Å². The number of carbonyl (C=O) groups is 1. The summed E-state index contributed by atoms with van der Waals surface area (Å²) in [6, 6.07) is 8.31. The highest BCUT2D eigenvalue weighted by atomic mass is 32.1. The van der Waals surface area contributed by atoms with Crippen LogP contribution in [-0.2, 0) is 30.6 Å². The van der Waals surface area contributed by atoms with Gasteiger partial charge in [-0.2, -0.15) is 0 Å². The fraction of sp³-hybridized carbons (Fsp3) is 0.375. The van der Waals surface area contributed by atoms with Crippen molar-refractivity contribution >= 4 is 17.4 Å². The Morgan fingerprint density at radius 3 is 3.05 bits per heavy atom. The highest BCUT2D eigenvalue weighted by Crippen LogP contribution is 2.23. The molecule has 0 saturated heterocycles. The Morgan fingerprint density at radius 2 is 2.29 bits per heavy atom. The van der Waals surface area contributed by atoms with Crippen molar-refractivity contribution in [1.82, 2.24) is 9.27 Å². The van der Waals surface area contributed by atoms with Crippen molar-refractivity contribution in [2.75, 3.05) is 13.1 Å². The highest BCUT2D eigenvalue weighted by molar-refractivity contribution is 7.05. The molecule has 21 heavy (non-hydrogen) atoms. The molecule has 0 radical (unpaired) electrons. The predicted molar refractivity (Wildman–Crippen MR) is 84.1 cm³/mol. The number of nitrogens with two attached hydrogens (primary N) is 1. The third-order valence-corrected chi connectivity index (χ3v) is 4.77. The van der Waals surface area contributed by atoms with E-state index < -0.39 is 0 Å². The van der Waals surface area contributed by atoms with Crippen LogP contribution in [0.4, 0.5) is 0 Å². The van der Waals surface area contributed by atoms with Gasteiger partial charge in [0.15, 0.2) is 0 Å². The summed E-state index contributed by atoms with van der Waals surface area (Å²) in [4.78, 5) is 15.0. The van der Waals surface area contributed by atoms with Gasteiger partial charge in [0.25, 0.3) is 0 Å². The van der Waals surface area contributed by atoms with Crippen LogP contribution in [0.2, 0.25) is 0 Å². The number of aromatic nitrogens is 1. The monoisotopic (exact) mass is 301 g/mol. The van der Waals surface area contributed by atoms with E-state index in [1.54, 1.807) is 11.5 Å². The number of nitrogens with zero attached hydrogens (tertiary/aromatic N) is 2. The van der Waals surface area contributed by atoms with Crippen molar-refractivity contribution < 1.29 is 4.79 Å². The van der Waals surface area contributed by atoms with Gasteiger partial charge >= 0.3 is 0 Å². The summed E-state index contributed by atoms with van der Waals surface area (Å²) in [5.41, 5.74) is 9.09. The molecule has 2 N–H and O–H groups in total. The van der Waals surface area contributed by atoms with Gasteiger partial charge in [0, 0.05) is 30.7 Å². The predicted octanol–water partition coefficient (Wildman–Crippen LogP) is 1.77. The first-order valence-corrected chi connectivity index (χ1v) is 7.99. The van der Waals surface area contributed by atoms with Crippen LogP contribution in [0.5, 0.6) is 0 Å². The van der Waals surface area contributed by atoms with Gasteiger partial charge in [-0.1, -0.05) is 18.2 Å². The molecule has 2 heterocycles. The lowest BCUT2D eigenvalue weighted by Crippen LogP contribution is -2.33. The fourth-order valence-corrected chi connectivity index (χ4v) is 3.49. The third-order valence-electron chi connectivity index (χ3n) is 3.97. The van der Waals surface area contributed by atoms with E-state index in [9.17, 15) is 4.79 Å². The summed E-state index contributed by atoms with van der Waals surface area (Å²) in [6.45, 7) is 3.06. The maximum Gasteiger partial charge on any atom is 0.221 e. The maximum atomic E-state index is 11.2. The zero-order valence-electron chi connectivity index (χ0n) is 11.9. The smallest absolute Gasteiger partial charge is 0.221 e. The standard InChI is InChI=1S/C16H19N3OS/c17-16(20)10-12-2-1-3-13-11-19(9-6-15(12)13)8-5-14-4-7-18-21-14/h1-4,7H,5-6,8-11H2,(H2,17,20). The number of fused-ring (bicyclic) bond motifs is 1. The quantitative estimate of drug-likeness (QED) is 0.915. The number of benzene rings is 1. The molecule has 0 fully saturated rings. The zero-order chi connectivity index (χ0) is 14.7. The Labute approximate surface area is 128 Å². The molecule has 1 amide bonds. The normalized spacial score (nSPS) is 14.9. The second kappa shape index (κ2) is 6.37. The average molecular weight is 301 g/mol. The van der Waals surface area contributed by atoms with Gasteiger partial charge in [0.1, 0.15) is 0 Å². The van der Waals surface area contributed by atoms with Crippen LogP contribution >= 0.6 is 11.5 Å². The molecule has 3 rings (SSSR count). The molecule has 1 aliphatic heterocycles. The minimum Gasteiger partial charge on any atom is -0.369 e. The van der Waals surface area contributed by atoms with Crippen LogP contribution < -0.4 is 5.73 Å². The molecule has 0 spiro atoms. The molecule has 110 valence electrons. The Morgan fingerprint density at radius 1 is 1.38 bits per heavy atom. The third kappa shape index (κ3) is 3.49. The molecule has 1 aromatic carbocycles. The van der Waals surface area contributed by atoms with E-state index >= 15 is 0 Å². The largest absolute Gasteiger partial charge is 0.369 e. The zero-order valence-corrected chi connectivity index (χ0v) is 12.7. The van der Waals surface area contributed by atoms with Gasteiger partial charge in [-0.25, -0.2) is 4.37 Å².